The van der Waals surface area contributed by atoms with Gasteiger partial charge in [-0.15, -0.1) is 0 Å². The molecule has 100 valence electrons. The van der Waals surface area contributed by atoms with Crippen molar-refractivity contribution in [1.29, 1.82) is 0 Å². The monoisotopic (exact) mass is 251 g/mol. The van der Waals surface area contributed by atoms with Crippen molar-refractivity contribution in [3.8, 4) is 0 Å². The first kappa shape index (κ1) is 14.4. The fourth-order valence-electron chi connectivity index (χ4n) is 1.87. The van der Waals surface area contributed by atoms with Crippen LogP contribution in [0.4, 0.5) is 5.82 Å². The predicted molar refractivity (Wildman–Crippen MR) is 70.5 cm³/mol. The first-order chi connectivity index (χ1) is 8.26. The van der Waals surface area contributed by atoms with Gasteiger partial charge in [-0.2, -0.15) is 0 Å². The number of hydrogen-bond donors (Lipinski definition) is 2. The minimum absolute atomic E-state index is 0.0647. The number of aromatic nitrogens is 2. The number of rotatable bonds is 5. The second-order valence-corrected chi connectivity index (χ2v) is 5.69. The third-order valence-electron chi connectivity index (χ3n) is 2.41. The van der Waals surface area contributed by atoms with Gasteiger partial charge in [-0.05, 0) is 24.8 Å². The van der Waals surface area contributed by atoms with Crippen LogP contribution < -0.4 is 5.32 Å². The zero-order valence-electron chi connectivity index (χ0n) is 11.4. The second kappa shape index (κ2) is 5.80. The van der Waals surface area contributed by atoms with E-state index >= 15 is 0 Å². The molecule has 0 bridgehead atoms. The summed E-state index contributed by atoms with van der Waals surface area (Å²) < 4.78 is 0. The molecule has 0 aliphatic carbocycles. The van der Waals surface area contributed by atoms with Crippen molar-refractivity contribution in [1.82, 2.24) is 9.97 Å². The van der Waals surface area contributed by atoms with Gasteiger partial charge in [-0.25, -0.2) is 9.97 Å². The summed E-state index contributed by atoms with van der Waals surface area (Å²) in [6.45, 7) is 8.08. The zero-order chi connectivity index (χ0) is 13.8. The lowest BCUT2D eigenvalue weighted by molar-refractivity contribution is -0.137. The van der Waals surface area contributed by atoms with Crippen LogP contribution in [0.3, 0.4) is 0 Å². The zero-order valence-corrected chi connectivity index (χ0v) is 11.4. The van der Waals surface area contributed by atoms with Crippen LogP contribution >= 0.6 is 0 Å². The Kier molecular flexibility index (Phi) is 4.64. The minimum atomic E-state index is -0.803. The molecule has 0 amide bonds. The van der Waals surface area contributed by atoms with Crippen molar-refractivity contribution in [2.75, 3.05) is 5.32 Å². The molecule has 1 aromatic heterocycles. The summed E-state index contributed by atoms with van der Waals surface area (Å²) in [6.07, 6.45) is 2.52. The van der Waals surface area contributed by atoms with Crippen molar-refractivity contribution >= 4 is 11.8 Å². The van der Waals surface area contributed by atoms with Crippen LogP contribution in [0.1, 0.15) is 39.4 Å². The summed E-state index contributed by atoms with van der Waals surface area (Å²) >= 11 is 0. The Labute approximate surface area is 108 Å². The van der Waals surface area contributed by atoms with Gasteiger partial charge in [0, 0.05) is 12.2 Å². The van der Waals surface area contributed by atoms with Crippen molar-refractivity contribution in [2.45, 2.75) is 46.6 Å². The van der Waals surface area contributed by atoms with Crippen molar-refractivity contribution in [3.05, 3.63) is 18.1 Å². The first-order valence-corrected chi connectivity index (χ1v) is 6.04. The molecule has 0 saturated heterocycles. The average Bonchev–Trinajstić information content (AvgIpc) is 2.12. The number of hydrogen-bond acceptors (Lipinski definition) is 4. The lowest BCUT2D eigenvalue weighted by Crippen LogP contribution is -2.28. The molecule has 0 saturated carbocycles. The molecule has 0 aromatic carbocycles. The highest BCUT2D eigenvalue weighted by Crippen LogP contribution is 2.24. The third-order valence-corrected chi connectivity index (χ3v) is 2.41. The van der Waals surface area contributed by atoms with E-state index in [1.165, 1.54) is 0 Å². The Morgan fingerprint density at radius 1 is 1.50 bits per heavy atom. The Morgan fingerprint density at radius 2 is 2.17 bits per heavy atom. The summed E-state index contributed by atoms with van der Waals surface area (Å²) in [6, 6.07) is 1.63. The van der Waals surface area contributed by atoms with Gasteiger partial charge in [0.15, 0.2) is 0 Å². The van der Waals surface area contributed by atoms with E-state index in [1.54, 1.807) is 19.2 Å². The number of carboxylic acids is 1. The molecule has 1 heterocycles. The average molecular weight is 251 g/mol. The first-order valence-electron chi connectivity index (χ1n) is 6.04. The SMILES string of the molecule is Cc1nccc(NC(CC(=O)O)CC(C)(C)C)n1. The van der Waals surface area contributed by atoms with Crippen molar-refractivity contribution in [2.24, 2.45) is 5.41 Å². The Bertz CT molecular complexity index is 413. The highest BCUT2D eigenvalue weighted by molar-refractivity contribution is 5.68. The molecular formula is C13H21N3O2. The van der Waals surface area contributed by atoms with Crippen LogP contribution in [0, 0.1) is 12.3 Å². The van der Waals surface area contributed by atoms with Gasteiger partial charge >= 0.3 is 5.97 Å². The maximum Gasteiger partial charge on any atom is 0.305 e. The van der Waals surface area contributed by atoms with Gasteiger partial charge in [0.25, 0.3) is 0 Å². The Hall–Kier alpha value is -1.65. The Balaban J connectivity index is 2.74. The number of carbonyl (C=O) groups is 1. The fraction of sp³-hybridized carbons (Fsp3) is 0.615. The largest absolute Gasteiger partial charge is 0.481 e. The van der Waals surface area contributed by atoms with Gasteiger partial charge in [0.2, 0.25) is 0 Å². The van der Waals surface area contributed by atoms with Crippen LogP contribution in [0.25, 0.3) is 0 Å². The molecule has 5 nitrogen and oxygen atoms in total. The van der Waals surface area contributed by atoms with Crippen LogP contribution in [-0.4, -0.2) is 27.1 Å². The maximum absolute atomic E-state index is 10.9. The number of aliphatic carboxylic acids is 1. The molecule has 0 aliphatic rings. The minimum Gasteiger partial charge on any atom is -0.481 e. The van der Waals surface area contributed by atoms with E-state index in [9.17, 15) is 4.79 Å². The van der Waals surface area contributed by atoms with Gasteiger partial charge in [0.05, 0.1) is 6.42 Å². The molecule has 0 radical (unpaired) electrons. The molecule has 1 atom stereocenters. The van der Waals surface area contributed by atoms with Crippen LogP contribution in [0.15, 0.2) is 12.3 Å². The number of aryl methyl sites for hydroxylation is 1. The normalized spacial score (nSPS) is 13.1. The molecule has 5 heteroatoms. The summed E-state index contributed by atoms with van der Waals surface area (Å²) in [4.78, 5) is 19.1. The van der Waals surface area contributed by atoms with E-state index in [4.69, 9.17) is 5.11 Å². The molecule has 0 spiro atoms. The van der Waals surface area contributed by atoms with Crippen LogP contribution in [0.5, 0.6) is 0 Å². The predicted octanol–water partition coefficient (Wildman–Crippen LogP) is 2.48. The highest BCUT2D eigenvalue weighted by Gasteiger charge is 2.21. The van der Waals surface area contributed by atoms with E-state index in [0.29, 0.717) is 11.6 Å². The number of nitrogens with zero attached hydrogens (tertiary/aromatic N) is 2. The van der Waals surface area contributed by atoms with Crippen molar-refractivity contribution < 1.29 is 9.90 Å². The number of nitrogens with one attached hydrogen (secondary N) is 1. The molecule has 18 heavy (non-hydrogen) atoms. The summed E-state index contributed by atoms with van der Waals surface area (Å²) in [5.74, 6) is 0.547. The quantitative estimate of drug-likeness (QED) is 0.840. The molecule has 2 N–H and O–H groups in total. The van der Waals surface area contributed by atoms with E-state index in [-0.39, 0.29) is 17.9 Å². The molecular weight excluding hydrogens is 230 g/mol. The van der Waals surface area contributed by atoms with E-state index in [0.717, 1.165) is 6.42 Å². The van der Waals surface area contributed by atoms with Gasteiger partial charge in [-0.3, -0.25) is 4.79 Å². The van der Waals surface area contributed by atoms with E-state index in [2.05, 4.69) is 36.1 Å². The van der Waals surface area contributed by atoms with E-state index < -0.39 is 5.97 Å². The number of carboxylic acid groups (broad SMARTS) is 1. The molecule has 1 aromatic rings. The Morgan fingerprint density at radius 3 is 2.67 bits per heavy atom. The van der Waals surface area contributed by atoms with Gasteiger partial charge in [0.1, 0.15) is 11.6 Å². The highest BCUT2D eigenvalue weighted by atomic mass is 16.4. The second-order valence-electron chi connectivity index (χ2n) is 5.69. The fourth-order valence-corrected chi connectivity index (χ4v) is 1.87. The molecule has 1 unspecified atom stereocenters. The summed E-state index contributed by atoms with van der Waals surface area (Å²) in [5, 5.41) is 12.1. The van der Waals surface area contributed by atoms with Crippen LogP contribution in [0.2, 0.25) is 0 Å². The standard InChI is InChI=1S/C13H21N3O2/c1-9-14-6-5-11(15-9)16-10(7-12(17)18)8-13(2,3)4/h5-6,10H,7-8H2,1-4H3,(H,17,18)(H,14,15,16). The summed E-state index contributed by atoms with van der Waals surface area (Å²) in [5.41, 5.74) is 0.0647. The lowest BCUT2D eigenvalue weighted by atomic mass is 9.87. The lowest BCUT2D eigenvalue weighted by Gasteiger charge is -2.26. The maximum atomic E-state index is 10.9. The molecule has 0 fully saturated rings. The third kappa shape index (κ3) is 5.61. The van der Waals surface area contributed by atoms with Crippen LogP contribution in [-0.2, 0) is 4.79 Å². The van der Waals surface area contributed by atoms with Gasteiger partial charge < -0.3 is 10.4 Å². The van der Waals surface area contributed by atoms with Gasteiger partial charge in [-0.1, -0.05) is 20.8 Å². The number of anilines is 1. The van der Waals surface area contributed by atoms with E-state index in [1.807, 2.05) is 0 Å². The molecule has 1 rings (SSSR count). The topological polar surface area (TPSA) is 75.1 Å². The molecule has 0 aliphatic heterocycles. The van der Waals surface area contributed by atoms with Crippen molar-refractivity contribution in [3.63, 3.8) is 0 Å². The summed E-state index contributed by atoms with van der Waals surface area (Å²) in [7, 11) is 0. The smallest absolute Gasteiger partial charge is 0.305 e.